The molecular weight excluding hydrogens is 316 g/mol. The maximum atomic E-state index is 12.4. The van der Waals surface area contributed by atoms with Gasteiger partial charge in [-0.1, -0.05) is 26.0 Å². The van der Waals surface area contributed by atoms with Crippen molar-refractivity contribution in [3.05, 3.63) is 29.8 Å². The first kappa shape index (κ1) is 19.6. The average molecular weight is 342 g/mol. The number of benzene rings is 1. The quantitative estimate of drug-likeness (QED) is 0.705. The van der Waals surface area contributed by atoms with Gasteiger partial charge < -0.3 is 10.4 Å². The zero-order valence-corrected chi connectivity index (χ0v) is 14.8. The average Bonchev–Trinajstić information content (AvgIpc) is 2.54. The van der Waals surface area contributed by atoms with E-state index in [0.717, 1.165) is 5.56 Å². The molecule has 23 heavy (non-hydrogen) atoms. The van der Waals surface area contributed by atoms with Gasteiger partial charge in [-0.2, -0.15) is 4.31 Å². The molecule has 1 amide bonds. The summed E-state index contributed by atoms with van der Waals surface area (Å²) in [5.41, 5.74) is 0.898. The van der Waals surface area contributed by atoms with Gasteiger partial charge in [-0.15, -0.1) is 0 Å². The fraction of sp³-hybridized carbons (Fsp3) is 0.562. The van der Waals surface area contributed by atoms with Crippen molar-refractivity contribution in [3.63, 3.8) is 0 Å². The molecule has 0 fully saturated rings. The number of carbonyl (C=O) groups excluding carboxylic acids is 1. The van der Waals surface area contributed by atoms with Crippen molar-refractivity contribution in [2.75, 3.05) is 19.7 Å². The van der Waals surface area contributed by atoms with E-state index in [1.54, 1.807) is 45.0 Å². The zero-order valence-electron chi connectivity index (χ0n) is 13.9. The fourth-order valence-corrected chi connectivity index (χ4v) is 3.65. The Morgan fingerprint density at radius 3 is 2.26 bits per heavy atom. The molecule has 0 saturated carbocycles. The smallest absolute Gasteiger partial charge is 0.243 e. The number of hydrogen-bond acceptors (Lipinski definition) is 4. The monoisotopic (exact) mass is 342 g/mol. The van der Waals surface area contributed by atoms with Gasteiger partial charge in [0.05, 0.1) is 11.5 Å². The molecule has 0 aliphatic carbocycles. The van der Waals surface area contributed by atoms with E-state index in [1.165, 1.54) is 4.31 Å². The first-order chi connectivity index (χ1) is 10.8. The van der Waals surface area contributed by atoms with Gasteiger partial charge in [0.25, 0.3) is 0 Å². The molecule has 7 heteroatoms. The molecule has 0 aliphatic rings. The second-order valence-corrected chi connectivity index (χ2v) is 7.32. The van der Waals surface area contributed by atoms with Crippen LogP contribution in [-0.2, 0) is 21.2 Å². The van der Waals surface area contributed by atoms with Crippen LogP contribution in [-0.4, -0.2) is 49.5 Å². The Morgan fingerprint density at radius 1 is 1.22 bits per heavy atom. The van der Waals surface area contributed by atoms with Crippen LogP contribution < -0.4 is 5.32 Å². The van der Waals surface area contributed by atoms with E-state index in [9.17, 15) is 13.2 Å². The highest BCUT2D eigenvalue weighted by Gasteiger charge is 2.21. The van der Waals surface area contributed by atoms with Gasteiger partial charge in [-0.3, -0.25) is 4.79 Å². The van der Waals surface area contributed by atoms with Gasteiger partial charge >= 0.3 is 0 Å². The largest absolute Gasteiger partial charge is 0.394 e. The molecule has 2 N–H and O–H groups in total. The van der Waals surface area contributed by atoms with E-state index in [-0.39, 0.29) is 23.5 Å². The Bertz CT molecular complexity index is 595. The second-order valence-electron chi connectivity index (χ2n) is 5.38. The van der Waals surface area contributed by atoms with Crippen molar-refractivity contribution in [2.45, 2.75) is 44.6 Å². The molecule has 1 aromatic rings. The molecule has 6 nitrogen and oxygen atoms in total. The van der Waals surface area contributed by atoms with Gasteiger partial charge in [-0.25, -0.2) is 8.42 Å². The Labute approximate surface area is 138 Å². The molecule has 1 aromatic carbocycles. The maximum Gasteiger partial charge on any atom is 0.243 e. The van der Waals surface area contributed by atoms with Gasteiger partial charge in [0, 0.05) is 25.6 Å². The number of sulfonamides is 1. The van der Waals surface area contributed by atoms with Crippen LogP contribution in [0.2, 0.25) is 0 Å². The highest BCUT2D eigenvalue weighted by atomic mass is 32.2. The summed E-state index contributed by atoms with van der Waals surface area (Å²) in [6, 6.07) is 6.37. The molecule has 0 heterocycles. The molecule has 1 atom stereocenters. The van der Waals surface area contributed by atoms with Crippen molar-refractivity contribution in [1.29, 1.82) is 0 Å². The molecule has 1 rings (SSSR count). The fourth-order valence-electron chi connectivity index (χ4n) is 2.19. The van der Waals surface area contributed by atoms with Crippen molar-refractivity contribution < 1.29 is 18.3 Å². The maximum absolute atomic E-state index is 12.4. The Hall–Kier alpha value is -1.44. The zero-order chi connectivity index (χ0) is 17.5. The third-order valence-corrected chi connectivity index (χ3v) is 5.65. The van der Waals surface area contributed by atoms with Crippen molar-refractivity contribution in [1.82, 2.24) is 9.62 Å². The number of amides is 1. The van der Waals surface area contributed by atoms with E-state index in [4.69, 9.17) is 5.11 Å². The van der Waals surface area contributed by atoms with Crippen LogP contribution >= 0.6 is 0 Å². The summed E-state index contributed by atoms with van der Waals surface area (Å²) in [5.74, 6) is -0.133. The molecule has 0 bridgehead atoms. The normalized spacial score (nSPS) is 13.1. The lowest BCUT2D eigenvalue weighted by Crippen LogP contribution is -2.35. The highest BCUT2D eigenvalue weighted by molar-refractivity contribution is 7.89. The molecule has 0 radical (unpaired) electrons. The van der Waals surface area contributed by atoms with E-state index >= 15 is 0 Å². The van der Waals surface area contributed by atoms with E-state index in [1.807, 2.05) is 0 Å². The minimum Gasteiger partial charge on any atom is -0.394 e. The summed E-state index contributed by atoms with van der Waals surface area (Å²) in [6.07, 6.45) is 0.821. The van der Waals surface area contributed by atoms with Crippen molar-refractivity contribution >= 4 is 15.9 Å². The number of nitrogens with one attached hydrogen (secondary N) is 1. The molecule has 130 valence electrons. The van der Waals surface area contributed by atoms with Crippen molar-refractivity contribution in [2.24, 2.45) is 0 Å². The number of nitrogens with zero attached hydrogens (tertiary/aromatic N) is 1. The Balaban J connectivity index is 2.69. The van der Waals surface area contributed by atoms with Crippen LogP contribution in [0.4, 0.5) is 0 Å². The SMILES string of the molecule is CCN(CC)S(=O)(=O)c1ccc(CCC(=O)NC(C)CO)cc1. The Morgan fingerprint density at radius 2 is 1.78 bits per heavy atom. The van der Waals surface area contributed by atoms with E-state index in [0.29, 0.717) is 25.9 Å². The third kappa shape index (κ3) is 5.60. The van der Waals surface area contributed by atoms with E-state index < -0.39 is 10.0 Å². The lowest BCUT2D eigenvalue weighted by atomic mass is 10.1. The molecule has 0 saturated heterocycles. The summed E-state index contributed by atoms with van der Waals surface area (Å²) >= 11 is 0. The number of aliphatic hydroxyl groups is 1. The van der Waals surface area contributed by atoms with E-state index in [2.05, 4.69) is 5.32 Å². The minimum atomic E-state index is -3.44. The van der Waals surface area contributed by atoms with Crippen LogP contribution in [0.5, 0.6) is 0 Å². The van der Waals surface area contributed by atoms with Crippen LogP contribution in [0.3, 0.4) is 0 Å². The predicted molar refractivity (Wildman–Crippen MR) is 89.6 cm³/mol. The third-order valence-electron chi connectivity index (χ3n) is 3.59. The topological polar surface area (TPSA) is 86.7 Å². The lowest BCUT2D eigenvalue weighted by molar-refractivity contribution is -0.121. The first-order valence-corrected chi connectivity index (χ1v) is 9.28. The Kier molecular flexibility index (Phi) is 7.67. The molecule has 0 spiro atoms. The van der Waals surface area contributed by atoms with Gasteiger partial charge in [0.2, 0.25) is 15.9 Å². The van der Waals surface area contributed by atoms with Gasteiger partial charge in [-0.05, 0) is 31.0 Å². The lowest BCUT2D eigenvalue weighted by Gasteiger charge is -2.18. The molecular formula is C16H26N2O4S. The summed E-state index contributed by atoms with van der Waals surface area (Å²) in [4.78, 5) is 11.9. The predicted octanol–water partition coefficient (Wildman–Crippen LogP) is 1.15. The van der Waals surface area contributed by atoms with Crippen LogP contribution in [0.15, 0.2) is 29.2 Å². The number of aliphatic hydroxyl groups excluding tert-OH is 1. The van der Waals surface area contributed by atoms with Crippen LogP contribution in [0.1, 0.15) is 32.8 Å². The summed E-state index contributed by atoms with van der Waals surface area (Å²) in [7, 11) is -3.44. The molecule has 0 aromatic heterocycles. The van der Waals surface area contributed by atoms with Crippen LogP contribution in [0.25, 0.3) is 0 Å². The second kappa shape index (κ2) is 9.00. The van der Waals surface area contributed by atoms with Gasteiger partial charge in [0.1, 0.15) is 0 Å². The molecule has 1 unspecified atom stereocenters. The number of rotatable bonds is 9. The summed E-state index contributed by atoms with van der Waals surface area (Å²) in [6.45, 7) is 6.12. The minimum absolute atomic E-state index is 0.0936. The molecule has 0 aliphatic heterocycles. The standard InChI is InChI=1S/C16H26N2O4S/c1-4-18(5-2)23(21,22)15-9-6-14(7-10-15)8-11-16(20)17-13(3)12-19/h6-7,9-10,13,19H,4-5,8,11-12H2,1-3H3,(H,17,20). The summed E-state index contributed by atoms with van der Waals surface area (Å²) in [5, 5.41) is 11.6. The number of carbonyl (C=O) groups is 1. The van der Waals surface area contributed by atoms with Crippen molar-refractivity contribution in [3.8, 4) is 0 Å². The van der Waals surface area contributed by atoms with Gasteiger partial charge in [0.15, 0.2) is 0 Å². The number of aryl methyl sites for hydroxylation is 1. The first-order valence-electron chi connectivity index (χ1n) is 7.84. The van der Waals surface area contributed by atoms with Crippen LogP contribution in [0, 0.1) is 0 Å². The summed E-state index contributed by atoms with van der Waals surface area (Å²) < 4.78 is 26.1. The number of hydrogen-bond donors (Lipinski definition) is 2. The highest BCUT2D eigenvalue weighted by Crippen LogP contribution is 2.16.